The van der Waals surface area contributed by atoms with Gasteiger partial charge in [-0.05, 0) is 30.6 Å². The smallest absolute Gasteiger partial charge is 0.258 e. The van der Waals surface area contributed by atoms with Crippen LogP contribution in [0.15, 0.2) is 30.3 Å². The van der Waals surface area contributed by atoms with Crippen LogP contribution in [0.2, 0.25) is 0 Å². The fraction of sp³-hybridized carbons (Fsp3) is 0.500. The average Bonchev–Trinajstić information content (AvgIpc) is 2.56. The topological polar surface area (TPSA) is 102 Å². The maximum atomic E-state index is 12.2. The van der Waals surface area contributed by atoms with Gasteiger partial charge in [-0.1, -0.05) is 18.2 Å². The second-order valence-electron chi connectivity index (χ2n) is 5.42. The maximum absolute atomic E-state index is 12.2. The van der Waals surface area contributed by atoms with Gasteiger partial charge in [-0.2, -0.15) is 11.8 Å². The summed E-state index contributed by atoms with van der Waals surface area (Å²) in [6.07, 6.45) is 3.45. The number of rotatable bonds is 11. The van der Waals surface area contributed by atoms with E-state index in [4.69, 9.17) is 4.74 Å². The number of para-hydroxylation sites is 1. The third-order valence-corrected chi connectivity index (χ3v) is 4.74. The number of thioether (sulfide) groups is 1. The minimum atomic E-state index is -3.15. The first-order chi connectivity index (χ1) is 11.8. The van der Waals surface area contributed by atoms with Crippen LogP contribution in [-0.2, 0) is 19.4 Å². The number of carbonyl (C=O) groups excluding carboxylic acids is 2. The lowest BCUT2D eigenvalue weighted by Gasteiger charge is -2.18. The molecule has 25 heavy (non-hydrogen) atoms. The van der Waals surface area contributed by atoms with Crippen molar-refractivity contribution in [1.29, 1.82) is 0 Å². The molecule has 0 saturated carbocycles. The molecule has 1 rings (SSSR count). The highest BCUT2D eigenvalue weighted by atomic mass is 32.2. The zero-order valence-electron chi connectivity index (χ0n) is 14.4. The summed E-state index contributed by atoms with van der Waals surface area (Å²) in [7, 11) is -3.15. The van der Waals surface area contributed by atoms with Gasteiger partial charge < -0.3 is 15.4 Å². The van der Waals surface area contributed by atoms with Crippen molar-refractivity contribution in [2.75, 3.05) is 37.2 Å². The van der Waals surface area contributed by atoms with Crippen molar-refractivity contribution in [2.45, 2.75) is 12.5 Å². The molecule has 0 saturated heterocycles. The average molecular weight is 389 g/mol. The summed E-state index contributed by atoms with van der Waals surface area (Å²) in [4.78, 5) is 24.2. The standard InChI is InChI=1S/C16H24N2O5S2/c1-24-10-8-14(16(20)17-9-11-25(2,21)22)18-15(19)12-23-13-6-4-3-5-7-13/h3-7,14H,8-12H2,1-2H3,(H,17,20)(H,18,19)/t14-/m1/s1. The molecule has 9 heteroatoms. The Morgan fingerprint density at radius 3 is 2.52 bits per heavy atom. The Labute approximate surface area is 152 Å². The SMILES string of the molecule is CSCC[C@@H](NC(=O)COc1ccccc1)C(=O)NCCS(C)(=O)=O. The van der Waals surface area contributed by atoms with Gasteiger partial charge in [-0.3, -0.25) is 9.59 Å². The molecular formula is C16H24N2O5S2. The Balaban J connectivity index is 2.49. The molecule has 0 aromatic heterocycles. The van der Waals surface area contributed by atoms with Crippen LogP contribution in [0.5, 0.6) is 5.75 Å². The van der Waals surface area contributed by atoms with Gasteiger partial charge in [0.2, 0.25) is 5.91 Å². The monoisotopic (exact) mass is 388 g/mol. The van der Waals surface area contributed by atoms with Gasteiger partial charge in [-0.15, -0.1) is 0 Å². The second-order valence-corrected chi connectivity index (χ2v) is 8.67. The first-order valence-electron chi connectivity index (χ1n) is 7.73. The van der Waals surface area contributed by atoms with E-state index in [1.54, 1.807) is 36.0 Å². The van der Waals surface area contributed by atoms with Crippen LogP contribution in [0, 0.1) is 0 Å². The minimum Gasteiger partial charge on any atom is -0.484 e. The molecule has 0 unspecified atom stereocenters. The fourth-order valence-electron chi connectivity index (χ4n) is 1.89. The molecule has 2 amide bonds. The van der Waals surface area contributed by atoms with Crippen molar-refractivity contribution in [3.05, 3.63) is 30.3 Å². The molecule has 0 heterocycles. The van der Waals surface area contributed by atoms with Gasteiger partial charge in [0.15, 0.2) is 6.61 Å². The summed E-state index contributed by atoms with van der Waals surface area (Å²) < 4.78 is 27.6. The Morgan fingerprint density at radius 2 is 1.92 bits per heavy atom. The molecule has 1 aromatic rings. The van der Waals surface area contributed by atoms with Crippen LogP contribution in [0.1, 0.15) is 6.42 Å². The predicted octanol–water partition coefficient (Wildman–Crippen LogP) is 0.464. The molecule has 1 atom stereocenters. The van der Waals surface area contributed by atoms with Crippen molar-refractivity contribution in [3.8, 4) is 5.75 Å². The fourth-order valence-corrected chi connectivity index (χ4v) is 2.83. The van der Waals surface area contributed by atoms with E-state index in [9.17, 15) is 18.0 Å². The van der Waals surface area contributed by atoms with Gasteiger partial charge in [0.05, 0.1) is 5.75 Å². The highest BCUT2D eigenvalue weighted by Crippen LogP contribution is 2.08. The summed E-state index contributed by atoms with van der Waals surface area (Å²) in [5.41, 5.74) is 0. The van der Waals surface area contributed by atoms with Crippen molar-refractivity contribution in [2.24, 2.45) is 0 Å². The second kappa shape index (κ2) is 11.0. The lowest BCUT2D eigenvalue weighted by Crippen LogP contribution is -2.49. The third-order valence-electron chi connectivity index (χ3n) is 3.15. The zero-order chi connectivity index (χ0) is 18.7. The Morgan fingerprint density at radius 1 is 1.24 bits per heavy atom. The van der Waals surface area contributed by atoms with Crippen molar-refractivity contribution in [3.63, 3.8) is 0 Å². The highest BCUT2D eigenvalue weighted by Gasteiger charge is 2.20. The number of benzene rings is 1. The summed E-state index contributed by atoms with van der Waals surface area (Å²) in [6, 6.07) is 8.17. The van der Waals surface area contributed by atoms with Gasteiger partial charge in [0.1, 0.15) is 21.6 Å². The van der Waals surface area contributed by atoms with Gasteiger partial charge in [0, 0.05) is 12.8 Å². The molecular weight excluding hydrogens is 364 g/mol. The van der Waals surface area contributed by atoms with E-state index in [1.807, 2.05) is 12.3 Å². The number of hydrogen-bond donors (Lipinski definition) is 2. The van der Waals surface area contributed by atoms with Crippen LogP contribution in [0.25, 0.3) is 0 Å². The van der Waals surface area contributed by atoms with Crippen LogP contribution in [0.4, 0.5) is 0 Å². The zero-order valence-corrected chi connectivity index (χ0v) is 16.0. The third kappa shape index (κ3) is 9.98. The number of amides is 2. The van der Waals surface area contributed by atoms with Crippen molar-refractivity contribution in [1.82, 2.24) is 10.6 Å². The lowest BCUT2D eigenvalue weighted by atomic mass is 10.2. The van der Waals surface area contributed by atoms with Gasteiger partial charge in [0.25, 0.3) is 5.91 Å². The van der Waals surface area contributed by atoms with E-state index in [1.165, 1.54) is 0 Å². The molecule has 7 nitrogen and oxygen atoms in total. The summed E-state index contributed by atoms with van der Waals surface area (Å²) in [5.74, 6) is 0.304. The summed E-state index contributed by atoms with van der Waals surface area (Å²) >= 11 is 1.55. The van der Waals surface area contributed by atoms with Gasteiger partial charge >= 0.3 is 0 Å². The van der Waals surface area contributed by atoms with Crippen LogP contribution in [-0.4, -0.2) is 63.4 Å². The molecule has 140 valence electrons. The van der Waals surface area contributed by atoms with E-state index in [0.717, 1.165) is 6.26 Å². The van der Waals surface area contributed by atoms with Crippen molar-refractivity contribution < 1.29 is 22.7 Å². The molecule has 0 radical (unpaired) electrons. The molecule has 0 bridgehead atoms. The van der Waals surface area contributed by atoms with Crippen LogP contribution >= 0.6 is 11.8 Å². The quantitative estimate of drug-likeness (QED) is 0.571. The summed E-state index contributed by atoms with van der Waals surface area (Å²) in [6.45, 7) is -0.180. The van der Waals surface area contributed by atoms with E-state index >= 15 is 0 Å². The Kier molecular flexibility index (Phi) is 9.36. The number of hydrogen-bond acceptors (Lipinski definition) is 6. The molecule has 1 aromatic carbocycles. The van der Waals surface area contributed by atoms with Gasteiger partial charge in [-0.25, -0.2) is 8.42 Å². The van der Waals surface area contributed by atoms with Crippen LogP contribution in [0.3, 0.4) is 0 Å². The molecule has 2 N–H and O–H groups in total. The van der Waals surface area contributed by atoms with E-state index in [0.29, 0.717) is 17.9 Å². The number of nitrogens with one attached hydrogen (secondary N) is 2. The summed E-state index contributed by atoms with van der Waals surface area (Å²) in [5, 5.41) is 5.18. The predicted molar refractivity (Wildman–Crippen MR) is 99.6 cm³/mol. The molecule has 0 aliphatic heterocycles. The largest absolute Gasteiger partial charge is 0.484 e. The highest BCUT2D eigenvalue weighted by molar-refractivity contribution is 7.98. The molecule has 0 spiro atoms. The van der Waals surface area contributed by atoms with Crippen LogP contribution < -0.4 is 15.4 Å². The Bertz CT molecular complexity index is 650. The minimum absolute atomic E-state index is 0.0177. The number of carbonyl (C=O) groups is 2. The van der Waals surface area contributed by atoms with Crippen molar-refractivity contribution >= 4 is 33.4 Å². The number of ether oxygens (including phenoxy) is 1. The molecule has 0 aliphatic rings. The van der Waals surface area contributed by atoms with E-state index < -0.39 is 27.7 Å². The van der Waals surface area contributed by atoms with E-state index in [-0.39, 0.29) is 18.9 Å². The Hall–Kier alpha value is -1.74. The number of sulfone groups is 1. The first kappa shape index (κ1) is 21.3. The molecule has 0 fully saturated rings. The van der Waals surface area contributed by atoms with E-state index in [2.05, 4.69) is 10.6 Å². The molecule has 0 aliphatic carbocycles. The first-order valence-corrected chi connectivity index (χ1v) is 11.2. The maximum Gasteiger partial charge on any atom is 0.258 e. The normalized spacial score (nSPS) is 12.2. The lowest BCUT2D eigenvalue weighted by molar-refractivity contribution is -0.130.